The minimum atomic E-state index is -4.28. The molecule has 1 N–H and O–H groups in total. The van der Waals surface area contributed by atoms with Gasteiger partial charge in [0.15, 0.2) is 0 Å². The minimum Gasteiger partial charge on any atom is -0.396 e. The molecule has 0 saturated carbocycles. The van der Waals surface area contributed by atoms with Crippen LogP contribution in [0.15, 0.2) is 29.2 Å². The lowest BCUT2D eigenvalue weighted by molar-refractivity contribution is -0.137. The first-order chi connectivity index (χ1) is 8.74. The van der Waals surface area contributed by atoms with Crippen molar-refractivity contribution < 1.29 is 18.3 Å². The number of hydrogen-bond acceptors (Lipinski definition) is 2. The van der Waals surface area contributed by atoms with E-state index in [0.29, 0.717) is 5.75 Å². The highest BCUT2D eigenvalue weighted by Gasteiger charge is 2.30. The van der Waals surface area contributed by atoms with Crippen LogP contribution in [0.1, 0.15) is 33.3 Å². The summed E-state index contributed by atoms with van der Waals surface area (Å²) in [5.41, 5.74) is -0.865. The Labute approximate surface area is 117 Å². The van der Waals surface area contributed by atoms with Gasteiger partial charge in [-0.05, 0) is 29.7 Å². The highest BCUT2D eigenvalue weighted by molar-refractivity contribution is 7.99. The third-order valence-electron chi connectivity index (χ3n) is 2.24. The van der Waals surface area contributed by atoms with Gasteiger partial charge in [-0.2, -0.15) is 13.2 Å². The number of halogens is 3. The highest BCUT2D eigenvalue weighted by Crippen LogP contribution is 2.32. The predicted molar refractivity (Wildman–Crippen MR) is 74.4 cm³/mol. The third kappa shape index (κ3) is 6.87. The molecule has 0 bridgehead atoms. The molecule has 0 aliphatic carbocycles. The number of aliphatic hydroxyl groups is 1. The topological polar surface area (TPSA) is 20.2 Å². The van der Waals surface area contributed by atoms with Crippen LogP contribution < -0.4 is 0 Å². The maximum absolute atomic E-state index is 12.3. The van der Waals surface area contributed by atoms with E-state index in [0.717, 1.165) is 17.0 Å². The van der Waals surface area contributed by atoms with Crippen molar-refractivity contribution >= 4 is 11.8 Å². The molecule has 1 aromatic carbocycles. The maximum Gasteiger partial charge on any atom is 0.416 e. The van der Waals surface area contributed by atoms with Crippen molar-refractivity contribution in [2.24, 2.45) is 5.41 Å². The van der Waals surface area contributed by atoms with Crippen LogP contribution >= 0.6 is 11.8 Å². The number of alkyl halides is 3. The van der Waals surface area contributed by atoms with Crippen LogP contribution in [0.25, 0.3) is 0 Å². The molecule has 0 aliphatic rings. The summed E-state index contributed by atoms with van der Waals surface area (Å²) in [6, 6.07) is 5.07. The molecule has 0 atom stereocenters. The molecule has 0 aromatic heterocycles. The summed E-state index contributed by atoms with van der Waals surface area (Å²) >= 11 is 1.44. The van der Waals surface area contributed by atoms with Crippen molar-refractivity contribution in [2.45, 2.75) is 38.8 Å². The van der Waals surface area contributed by atoms with Gasteiger partial charge >= 0.3 is 6.18 Å². The Morgan fingerprint density at radius 3 is 1.89 bits per heavy atom. The second-order valence-corrected chi connectivity index (χ2v) is 5.68. The van der Waals surface area contributed by atoms with E-state index in [1.165, 1.54) is 23.9 Å². The second kappa shape index (κ2) is 7.80. The van der Waals surface area contributed by atoms with Gasteiger partial charge in [0, 0.05) is 17.3 Å². The summed E-state index contributed by atoms with van der Waals surface area (Å²) in [6.07, 6.45) is -4.28. The van der Waals surface area contributed by atoms with E-state index in [-0.39, 0.29) is 12.0 Å². The predicted octanol–water partition coefficient (Wildman–Crippen LogP) is 4.84. The Balaban J connectivity index is 0.00000154. The van der Waals surface area contributed by atoms with Crippen LogP contribution in [-0.2, 0) is 6.18 Å². The molecule has 0 unspecified atom stereocenters. The van der Waals surface area contributed by atoms with Crippen molar-refractivity contribution in [2.75, 3.05) is 12.4 Å². The molecule has 5 heteroatoms. The lowest BCUT2D eigenvalue weighted by Gasteiger charge is -2.20. The molecule has 110 valence electrons. The molecular formula is C14H21F3OS. The van der Waals surface area contributed by atoms with Gasteiger partial charge in [-0.3, -0.25) is 0 Å². The van der Waals surface area contributed by atoms with Gasteiger partial charge in [0.25, 0.3) is 0 Å². The van der Waals surface area contributed by atoms with Gasteiger partial charge in [-0.1, -0.05) is 27.7 Å². The van der Waals surface area contributed by atoms with Crippen molar-refractivity contribution in [3.63, 3.8) is 0 Å². The first-order valence-corrected chi connectivity index (χ1v) is 7.14. The Hall–Kier alpha value is -0.680. The van der Waals surface area contributed by atoms with Crippen molar-refractivity contribution in [1.29, 1.82) is 0 Å². The van der Waals surface area contributed by atoms with E-state index in [9.17, 15) is 13.2 Å². The quantitative estimate of drug-likeness (QED) is 0.802. The lowest BCUT2D eigenvalue weighted by atomic mass is 9.98. The molecule has 0 saturated heterocycles. The summed E-state index contributed by atoms with van der Waals surface area (Å²) in [5, 5.41) is 9.06. The maximum atomic E-state index is 12.3. The summed E-state index contributed by atoms with van der Waals surface area (Å²) < 4.78 is 36.9. The summed E-state index contributed by atoms with van der Waals surface area (Å²) in [4.78, 5) is 0.777. The van der Waals surface area contributed by atoms with E-state index in [1.54, 1.807) is 0 Å². The third-order valence-corrected chi connectivity index (χ3v) is 3.77. The zero-order chi connectivity index (χ0) is 15.1. The van der Waals surface area contributed by atoms with Crippen molar-refractivity contribution in [3.05, 3.63) is 29.8 Å². The smallest absolute Gasteiger partial charge is 0.396 e. The zero-order valence-electron chi connectivity index (χ0n) is 11.7. The molecule has 1 aromatic rings. The van der Waals surface area contributed by atoms with Crippen molar-refractivity contribution in [3.8, 4) is 0 Å². The molecule has 19 heavy (non-hydrogen) atoms. The standard InChI is InChI=1S/C12H15F3OS.C2H6/c1-11(2,7-16)8-17-10-5-3-9(4-6-10)12(13,14)15;1-2/h3-6,16H,7-8H2,1-2H3;1-2H3. The second-order valence-electron chi connectivity index (χ2n) is 4.63. The fraction of sp³-hybridized carbons (Fsp3) is 0.571. The Bertz CT molecular complexity index is 358. The SMILES string of the molecule is CC.CC(C)(CO)CSc1ccc(C(F)(F)F)cc1. The molecule has 0 radical (unpaired) electrons. The number of hydrogen-bond donors (Lipinski definition) is 1. The van der Waals surface area contributed by atoms with Crippen LogP contribution in [-0.4, -0.2) is 17.5 Å². The van der Waals surface area contributed by atoms with Crippen LogP contribution in [0.3, 0.4) is 0 Å². The van der Waals surface area contributed by atoms with Gasteiger partial charge in [-0.15, -0.1) is 11.8 Å². The van der Waals surface area contributed by atoms with E-state index in [2.05, 4.69) is 0 Å². The molecule has 0 fully saturated rings. The number of benzene rings is 1. The fourth-order valence-electron chi connectivity index (χ4n) is 1.06. The molecule has 0 heterocycles. The Kier molecular flexibility index (Phi) is 7.52. The first-order valence-electron chi connectivity index (χ1n) is 6.15. The molecule has 0 amide bonds. The number of thioether (sulfide) groups is 1. The van der Waals surface area contributed by atoms with Gasteiger partial charge in [0.05, 0.1) is 5.56 Å². The molecule has 0 aliphatic heterocycles. The number of rotatable bonds is 4. The summed E-state index contributed by atoms with van der Waals surface area (Å²) in [5.74, 6) is 0.662. The van der Waals surface area contributed by atoms with Crippen LogP contribution in [0, 0.1) is 5.41 Å². The molecule has 1 nitrogen and oxygen atoms in total. The average Bonchev–Trinajstić information content (AvgIpc) is 2.38. The van der Waals surface area contributed by atoms with Crippen LogP contribution in [0.4, 0.5) is 13.2 Å². The van der Waals surface area contributed by atoms with Gasteiger partial charge in [-0.25, -0.2) is 0 Å². The monoisotopic (exact) mass is 294 g/mol. The summed E-state index contributed by atoms with van der Waals surface area (Å²) in [6.45, 7) is 7.87. The fourth-order valence-corrected chi connectivity index (χ4v) is 2.04. The average molecular weight is 294 g/mol. The van der Waals surface area contributed by atoms with E-state index in [1.807, 2.05) is 27.7 Å². The molecule has 1 rings (SSSR count). The van der Waals surface area contributed by atoms with Gasteiger partial charge in [0.2, 0.25) is 0 Å². The van der Waals surface area contributed by atoms with Gasteiger partial charge < -0.3 is 5.11 Å². The van der Waals surface area contributed by atoms with E-state index < -0.39 is 11.7 Å². The lowest BCUT2D eigenvalue weighted by Crippen LogP contribution is -2.19. The van der Waals surface area contributed by atoms with E-state index >= 15 is 0 Å². The number of aliphatic hydroxyl groups excluding tert-OH is 1. The van der Waals surface area contributed by atoms with Crippen LogP contribution in [0.5, 0.6) is 0 Å². The highest BCUT2D eigenvalue weighted by atomic mass is 32.2. The van der Waals surface area contributed by atoms with Gasteiger partial charge in [0.1, 0.15) is 0 Å². The zero-order valence-corrected chi connectivity index (χ0v) is 12.5. The molecule has 0 spiro atoms. The van der Waals surface area contributed by atoms with E-state index in [4.69, 9.17) is 5.11 Å². The first kappa shape index (κ1) is 18.3. The minimum absolute atomic E-state index is 0.0562. The Morgan fingerprint density at radius 2 is 1.53 bits per heavy atom. The normalized spacial score (nSPS) is 11.8. The van der Waals surface area contributed by atoms with Crippen LogP contribution in [0.2, 0.25) is 0 Å². The Morgan fingerprint density at radius 1 is 1.05 bits per heavy atom. The van der Waals surface area contributed by atoms with Crippen molar-refractivity contribution in [1.82, 2.24) is 0 Å². The molecular weight excluding hydrogens is 273 g/mol. The largest absolute Gasteiger partial charge is 0.416 e. The summed E-state index contributed by atoms with van der Waals surface area (Å²) in [7, 11) is 0.